The van der Waals surface area contributed by atoms with Gasteiger partial charge in [0.2, 0.25) is 5.91 Å². The van der Waals surface area contributed by atoms with Crippen LogP contribution in [0, 0.1) is 5.82 Å². The standard InChI is InChI=1S/C29H27FN4O4S/c1-3-38-32-24(35)17-33-25(36)18-39-28(22-11-7-8-12-23(22)37-2)26-27(19-9-5-4-6-10-19)31-34(29(26)33)21-15-13-20(30)14-16-21/h4-16,28H,3,17-18H2,1-2H3,(H,32,35). The first-order chi connectivity index (χ1) is 19.0. The lowest BCUT2D eigenvalue weighted by Gasteiger charge is -2.23. The first-order valence-electron chi connectivity index (χ1n) is 12.4. The minimum absolute atomic E-state index is 0.108. The number of ether oxygens (including phenoxy) is 1. The predicted molar refractivity (Wildman–Crippen MR) is 148 cm³/mol. The highest BCUT2D eigenvalue weighted by Gasteiger charge is 2.38. The number of rotatable bonds is 8. The van der Waals surface area contributed by atoms with E-state index in [-0.39, 0.29) is 30.1 Å². The highest BCUT2D eigenvalue weighted by molar-refractivity contribution is 8.00. The van der Waals surface area contributed by atoms with Gasteiger partial charge in [0.05, 0.1) is 36.1 Å². The molecule has 0 aliphatic carbocycles. The molecule has 1 atom stereocenters. The van der Waals surface area contributed by atoms with Gasteiger partial charge < -0.3 is 4.74 Å². The van der Waals surface area contributed by atoms with Gasteiger partial charge in [0.15, 0.2) is 0 Å². The van der Waals surface area contributed by atoms with Crippen molar-refractivity contribution >= 4 is 29.4 Å². The fraction of sp³-hybridized carbons (Fsp3) is 0.207. The van der Waals surface area contributed by atoms with Crippen LogP contribution < -0.4 is 15.1 Å². The monoisotopic (exact) mass is 546 g/mol. The molecule has 0 saturated heterocycles. The summed E-state index contributed by atoms with van der Waals surface area (Å²) in [6, 6.07) is 23.1. The third-order valence-electron chi connectivity index (χ3n) is 6.26. The number of anilines is 1. The fourth-order valence-electron chi connectivity index (χ4n) is 4.55. The van der Waals surface area contributed by atoms with Crippen LogP contribution in [-0.4, -0.2) is 47.6 Å². The molecule has 2 heterocycles. The van der Waals surface area contributed by atoms with Gasteiger partial charge >= 0.3 is 0 Å². The number of aromatic nitrogens is 2. The zero-order valence-electron chi connectivity index (χ0n) is 21.5. The Morgan fingerprint density at radius 2 is 1.79 bits per heavy atom. The van der Waals surface area contributed by atoms with E-state index in [0.717, 1.165) is 16.7 Å². The van der Waals surface area contributed by atoms with Crippen LogP contribution in [0.3, 0.4) is 0 Å². The summed E-state index contributed by atoms with van der Waals surface area (Å²) in [7, 11) is 1.61. The second-order valence-corrected chi connectivity index (χ2v) is 9.80. The number of hydrogen-bond acceptors (Lipinski definition) is 6. The summed E-state index contributed by atoms with van der Waals surface area (Å²) in [5.41, 5.74) is 6.02. The van der Waals surface area contributed by atoms with Crippen molar-refractivity contribution in [3.63, 3.8) is 0 Å². The molecule has 2 amide bonds. The maximum absolute atomic E-state index is 13.9. The molecular weight excluding hydrogens is 519 g/mol. The topological polar surface area (TPSA) is 85.7 Å². The number of hydroxylamine groups is 1. The SMILES string of the molecule is CCONC(=O)CN1C(=O)CSC(c2ccccc2OC)c2c(-c3ccccc3)nn(-c3ccc(F)cc3)c21. The molecule has 1 aromatic heterocycles. The van der Waals surface area contributed by atoms with Crippen molar-refractivity contribution in [1.29, 1.82) is 0 Å². The summed E-state index contributed by atoms with van der Waals surface area (Å²) in [5.74, 6) is 0.0594. The second-order valence-electron chi connectivity index (χ2n) is 8.71. The molecule has 8 nitrogen and oxygen atoms in total. The van der Waals surface area contributed by atoms with Crippen LogP contribution in [0.15, 0.2) is 78.9 Å². The van der Waals surface area contributed by atoms with E-state index in [2.05, 4.69) is 5.48 Å². The maximum Gasteiger partial charge on any atom is 0.263 e. The normalized spacial score (nSPS) is 15.0. The zero-order chi connectivity index (χ0) is 27.4. The molecule has 4 aromatic rings. The smallest absolute Gasteiger partial charge is 0.263 e. The molecule has 39 heavy (non-hydrogen) atoms. The van der Waals surface area contributed by atoms with Gasteiger partial charge in [-0.3, -0.25) is 19.3 Å². The van der Waals surface area contributed by atoms with E-state index in [0.29, 0.717) is 22.9 Å². The maximum atomic E-state index is 13.9. The molecule has 3 aromatic carbocycles. The number of nitrogens with zero attached hydrogens (tertiary/aromatic N) is 3. The van der Waals surface area contributed by atoms with E-state index >= 15 is 0 Å². The lowest BCUT2D eigenvalue weighted by molar-refractivity contribution is -0.132. The average Bonchev–Trinajstić information content (AvgIpc) is 3.29. The van der Waals surface area contributed by atoms with Gasteiger partial charge in [-0.25, -0.2) is 14.6 Å². The van der Waals surface area contributed by atoms with Gasteiger partial charge in [0, 0.05) is 16.7 Å². The summed E-state index contributed by atoms with van der Waals surface area (Å²) in [6.45, 7) is 1.74. The molecule has 1 aliphatic heterocycles. The van der Waals surface area contributed by atoms with E-state index in [1.807, 2.05) is 54.6 Å². The molecule has 0 fully saturated rings. The first-order valence-corrected chi connectivity index (χ1v) is 13.5. The van der Waals surface area contributed by atoms with Crippen LogP contribution in [0.2, 0.25) is 0 Å². The van der Waals surface area contributed by atoms with Crippen LogP contribution in [0.4, 0.5) is 10.2 Å². The van der Waals surface area contributed by atoms with Crippen LogP contribution in [0.25, 0.3) is 16.9 Å². The van der Waals surface area contributed by atoms with Crippen molar-refractivity contribution in [2.45, 2.75) is 12.2 Å². The summed E-state index contributed by atoms with van der Waals surface area (Å²) in [4.78, 5) is 33.0. The van der Waals surface area contributed by atoms with E-state index < -0.39 is 11.7 Å². The summed E-state index contributed by atoms with van der Waals surface area (Å²) < 4.78 is 21.2. The van der Waals surface area contributed by atoms with E-state index in [1.165, 1.54) is 28.8 Å². The van der Waals surface area contributed by atoms with Crippen LogP contribution in [0.1, 0.15) is 23.3 Å². The molecule has 1 unspecified atom stereocenters. The van der Waals surface area contributed by atoms with Crippen molar-refractivity contribution in [2.24, 2.45) is 0 Å². The quantitative estimate of drug-likeness (QED) is 0.316. The average molecular weight is 547 g/mol. The number of amides is 2. The number of halogens is 1. The largest absolute Gasteiger partial charge is 0.496 e. The van der Waals surface area contributed by atoms with Gasteiger partial charge in [-0.15, -0.1) is 11.8 Å². The predicted octanol–water partition coefficient (Wildman–Crippen LogP) is 4.92. The number of fused-ring (bicyclic) bond motifs is 1. The number of carbonyl (C=O) groups excluding carboxylic acids is 2. The van der Waals surface area contributed by atoms with Crippen molar-refractivity contribution in [3.05, 3.63) is 95.8 Å². The molecule has 0 saturated carbocycles. The molecule has 200 valence electrons. The fourth-order valence-corrected chi connectivity index (χ4v) is 5.77. The van der Waals surface area contributed by atoms with E-state index in [4.69, 9.17) is 14.7 Å². The number of benzene rings is 3. The van der Waals surface area contributed by atoms with Gasteiger partial charge in [-0.05, 0) is 37.3 Å². The van der Waals surface area contributed by atoms with Gasteiger partial charge in [0.25, 0.3) is 5.91 Å². The Labute approximate surface area is 229 Å². The number of thioether (sulfide) groups is 1. The molecule has 0 bridgehead atoms. The van der Waals surface area contributed by atoms with Gasteiger partial charge in [0.1, 0.15) is 23.9 Å². The van der Waals surface area contributed by atoms with Crippen LogP contribution in [-0.2, 0) is 14.4 Å². The first kappa shape index (κ1) is 26.5. The number of hydrogen-bond donors (Lipinski definition) is 1. The lowest BCUT2D eigenvalue weighted by atomic mass is 9.99. The molecule has 1 aliphatic rings. The number of para-hydroxylation sites is 1. The van der Waals surface area contributed by atoms with E-state index in [9.17, 15) is 14.0 Å². The van der Waals surface area contributed by atoms with Gasteiger partial charge in [-0.1, -0.05) is 48.5 Å². The molecule has 0 spiro atoms. The van der Waals surface area contributed by atoms with Crippen molar-refractivity contribution in [2.75, 3.05) is 30.9 Å². The molecular formula is C29H27FN4O4S. The minimum Gasteiger partial charge on any atom is -0.496 e. The zero-order valence-corrected chi connectivity index (χ0v) is 22.3. The third-order valence-corrected chi connectivity index (χ3v) is 7.50. The Hall–Kier alpha value is -4.15. The van der Waals surface area contributed by atoms with Crippen molar-refractivity contribution in [3.8, 4) is 22.7 Å². The second kappa shape index (κ2) is 11.7. The van der Waals surface area contributed by atoms with Crippen molar-refractivity contribution in [1.82, 2.24) is 15.3 Å². The molecule has 10 heteroatoms. The summed E-state index contributed by atoms with van der Waals surface area (Å²) >= 11 is 1.44. The number of methoxy groups -OCH3 is 1. The Morgan fingerprint density at radius 3 is 2.51 bits per heavy atom. The molecule has 0 radical (unpaired) electrons. The van der Waals surface area contributed by atoms with Crippen molar-refractivity contribution < 1.29 is 23.6 Å². The number of carbonyl (C=O) groups is 2. The van der Waals surface area contributed by atoms with E-state index in [1.54, 1.807) is 30.8 Å². The Balaban J connectivity index is 1.80. The minimum atomic E-state index is -0.481. The Kier molecular flexibility index (Phi) is 7.94. The highest BCUT2D eigenvalue weighted by atomic mass is 32.2. The molecule has 1 N–H and O–H groups in total. The van der Waals surface area contributed by atoms with Crippen LogP contribution >= 0.6 is 11.8 Å². The van der Waals surface area contributed by atoms with Crippen LogP contribution in [0.5, 0.6) is 5.75 Å². The Bertz CT molecular complexity index is 1480. The highest BCUT2D eigenvalue weighted by Crippen LogP contribution is 2.50. The summed E-state index contributed by atoms with van der Waals surface area (Å²) in [5, 5.41) is 4.62. The molecule has 5 rings (SSSR count). The Morgan fingerprint density at radius 1 is 1.08 bits per heavy atom. The van der Waals surface area contributed by atoms with Gasteiger partial charge in [-0.2, -0.15) is 5.10 Å². The third kappa shape index (κ3) is 5.39. The summed E-state index contributed by atoms with van der Waals surface area (Å²) in [6.07, 6.45) is 0. The number of nitrogens with one attached hydrogen (secondary N) is 1. The lowest BCUT2D eigenvalue weighted by Crippen LogP contribution is -2.42.